The molecule has 0 fully saturated rings. The number of halogens is 1. The Morgan fingerprint density at radius 2 is 2.38 bits per heavy atom. The van der Waals surface area contributed by atoms with Crippen LogP contribution in [0.15, 0.2) is 21.9 Å². The lowest BCUT2D eigenvalue weighted by atomic mass is 10.2. The Kier molecular flexibility index (Phi) is 3.26. The highest BCUT2D eigenvalue weighted by Crippen LogP contribution is 2.27. The third-order valence-electron chi connectivity index (χ3n) is 1.93. The average molecular weight is 258 g/mol. The van der Waals surface area contributed by atoms with E-state index in [1.54, 1.807) is 12.1 Å². The second kappa shape index (κ2) is 4.67. The molecule has 0 aliphatic rings. The van der Waals surface area contributed by atoms with Crippen molar-refractivity contribution in [1.82, 2.24) is 4.98 Å². The lowest BCUT2D eigenvalue weighted by Gasteiger charge is -1.91. The second-order valence-corrected chi connectivity index (χ2v) is 4.37. The first kappa shape index (κ1) is 11.2. The number of carboxylic acid groups (broad SMARTS) is 1. The molecule has 2 aromatic heterocycles. The monoisotopic (exact) mass is 257 g/mol. The number of aromatic nitrogens is 1. The lowest BCUT2D eigenvalue weighted by Crippen LogP contribution is -1.97. The van der Waals surface area contributed by atoms with E-state index in [9.17, 15) is 4.79 Å². The number of carbonyl (C=O) groups is 1. The van der Waals surface area contributed by atoms with Crippen molar-refractivity contribution in [3.8, 4) is 10.8 Å². The predicted molar refractivity (Wildman–Crippen MR) is 60.8 cm³/mol. The van der Waals surface area contributed by atoms with Crippen LogP contribution in [0.4, 0.5) is 0 Å². The van der Waals surface area contributed by atoms with Gasteiger partial charge in [-0.25, -0.2) is 4.98 Å². The van der Waals surface area contributed by atoms with Crippen molar-refractivity contribution in [2.45, 2.75) is 12.8 Å². The minimum absolute atomic E-state index is 0.0854. The molecular formula is C10H8ClNO3S. The zero-order valence-electron chi connectivity index (χ0n) is 8.14. The van der Waals surface area contributed by atoms with E-state index in [4.69, 9.17) is 21.1 Å². The van der Waals surface area contributed by atoms with Crippen molar-refractivity contribution in [3.63, 3.8) is 0 Å². The molecule has 84 valence electrons. The first-order valence-electron chi connectivity index (χ1n) is 4.57. The Morgan fingerprint density at radius 1 is 1.56 bits per heavy atom. The van der Waals surface area contributed by atoms with Crippen LogP contribution in [-0.4, -0.2) is 16.1 Å². The number of hydrogen-bond donors (Lipinski definition) is 1. The van der Waals surface area contributed by atoms with Gasteiger partial charge >= 0.3 is 5.97 Å². The van der Waals surface area contributed by atoms with Crippen LogP contribution in [0, 0.1) is 0 Å². The average Bonchev–Trinajstić information content (AvgIpc) is 2.83. The summed E-state index contributed by atoms with van der Waals surface area (Å²) >= 11 is 7.06. The fourth-order valence-corrected chi connectivity index (χ4v) is 2.16. The SMILES string of the molecule is O=C(O)CCc1csc(-c2ccc(Cl)o2)n1. The van der Waals surface area contributed by atoms with Gasteiger partial charge < -0.3 is 9.52 Å². The Labute approximate surface area is 100 Å². The molecule has 0 radical (unpaired) electrons. The van der Waals surface area contributed by atoms with Gasteiger partial charge in [0.1, 0.15) is 0 Å². The summed E-state index contributed by atoms with van der Waals surface area (Å²) in [6, 6.07) is 3.39. The quantitative estimate of drug-likeness (QED) is 0.914. The number of aryl methyl sites for hydroxylation is 1. The number of aliphatic carboxylic acids is 1. The summed E-state index contributed by atoms with van der Waals surface area (Å²) < 4.78 is 5.21. The normalized spacial score (nSPS) is 10.6. The minimum Gasteiger partial charge on any atom is -0.481 e. The van der Waals surface area contributed by atoms with Crippen LogP contribution < -0.4 is 0 Å². The number of nitrogens with zero attached hydrogens (tertiary/aromatic N) is 1. The Balaban J connectivity index is 2.10. The molecule has 2 rings (SSSR count). The van der Waals surface area contributed by atoms with Crippen LogP contribution >= 0.6 is 22.9 Å². The molecule has 0 spiro atoms. The topological polar surface area (TPSA) is 63.3 Å². The first-order valence-corrected chi connectivity index (χ1v) is 5.83. The molecule has 0 amide bonds. The summed E-state index contributed by atoms with van der Waals surface area (Å²) in [5.41, 5.74) is 0.759. The van der Waals surface area contributed by atoms with Gasteiger partial charge in [0.25, 0.3) is 0 Å². The summed E-state index contributed by atoms with van der Waals surface area (Å²) in [6.07, 6.45) is 0.516. The van der Waals surface area contributed by atoms with Gasteiger partial charge in [-0.15, -0.1) is 11.3 Å². The largest absolute Gasteiger partial charge is 0.481 e. The number of rotatable bonds is 4. The van der Waals surface area contributed by atoms with Gasteiger partial charge in [0, 0.05) is 11.8 Å². The number of hydrogen-bond acceptors (Lipinski definition) is 4. The number of carboxylic acids is 1. The molecule has 6 heteroatoms. The highest BCUT2D eigenvalue weighted by Gasteiger charge is 2.09. The molecule has 0 atom stereocenters. The third kappa shape index (κ3) is 2.62. The van der Waals surface area contributed by atoms with Crippen LogP contribution in [0.5, 0.6) is 0 Å². The Hall–Kier alpha value is -1.33. The van der Waals surface area contributed by atoms with Gasteiger partial charge in [-0.1, -0.05) is 0 Å². The smallest absolute Gasteiger partial charge is 0.303 e. The maximum atomic E-state index is 10.4. The van der Waals surface area contributed by atoms with Crippen molar-refractivity contribution in [2.24, 2.45) is 0 Å². The maximum Gasteiger partial charge on any atom is 0.303 e. The van der Waals surface area contributed by atoms with Crippen molar-refractivity contribution < 1.29 is 14.3 Å². The standard InChI is InChI=1S/C10H8ClNO3S/c11-8-3-2-7(15-8)10-12-6(5-16-10)1-4-9(13)14/h2-3,5H,1,4H2,(H,13,14). The van der Waals surface area contributed by atoms with Crippen molar-refractivity contribution >= 4 is 28.9 Å². The summed E-state index contributed by atoms with van der Waals surface area (Å²) in [4.78, 5) is 14.7. The maximum absolute atomic E-state index is 10.4. The van der Waals surface area contributed by atoms with Gasteiger partial charge in [-0.3, -0.25) is 4.79 Å². The molecule has 2 aromatic rings. The van der Waals surface area contributed by atoms with E-state index in [-0.39, 0.29) is 6.42 Å². The Morgan fingerprint density at radius 3 is 3.00 bits per heavy atom. The molecule has 2 heterocycles. The van der Waals surface area contributed by atoms with Gasteiger partial charge in [-0.2, -0.15) is 0 Å². The summed E-state index contributed by atoms with van der Waals surface area (Å²) in [5, 5.41) is 11.4. The zero-order chi connectivity index (χ0) is 11.5. The van der Waals surface area contributed by atoms with E-state index in [0.717, 1.165) is 5.69 Å². The molecule has 0 aliphatic carbocycles. The van der Waals surface area contributed by atoms with E-state index in [1.165, 1.54) is 11.3 Å². The zero-order valence-corrected chi connectivity index (χ0v) is 9.72. The molecule has 0 saturated heterocycles. The van der Waals surface area contributed by atoms with Crippen LogP contribution in [0.2, 0.25) is 5.22 Å². The molecule has 0 saturated carbocycles. The molecule has 16 heavy (non-hydrogen) atoms. The predicted octanol–water partition coefficient (Wildman–Crippen LogP) is 3.07. The molecule has 0 aromatic carbocycles. The summed E-state index contributed by atoms with van der Waals surface area (Å²) in [7, 11) is 0. The van der Waals surface area contributed by atoms with Crippen molar-refractivity contribution in [2.75, 3.05) is 0 Å². The van der Waals surface area contributed by atoms with E-state index < -0.39 is 5.97 Å². The van der Waals surface area contributed by atoms with Crippen LogP contribution in [0.1, 0.15) is 12.1 Å². The number of thiazole rings is 1. The van der Waals surface area contributed by atoms with E-state index in [2.05, 4.69) is 4.98 Å². The highest BCUT2D eigenvalue weighted by atomic mass is 35.5. The van der Waals surface area contributed by atoms with Gasteiger partial charge in [0.05, 0.1) is 12.1 Å². The van der Waals surface area contributed by atoms with Crippen LogP contribution in [0.3, 0.4) is 0 Å². The number of furan rings is 1. The van der Waals surface area contributed by atoms with Crippen molar-refractivity contribution in [1.29, 1.82) is 0 Å². The van der Waals surface area contributed by atoms with E-state index in [1.807, 2.05) is 5.38 Å². The van der Waals surface area contributed by atoms with Gasteiger partial charge in [0.2, 0.25) is 0 Å². The fourth-order valence-electron chi connectivity index (χ4n) is 1.20. The molecular weight excluding hydrogens is 250 g/mol. The minimum atomic E-state index is -0.824. The lowest BCUT2D eigenvalue weighted by molar-refractivity contribution is -0.136. The highest BCUT2D eigenvalue weighted by molar-refractivity contribution is 7.13. The van der Waals surface area contributed by atoms with E-state index in [0.29, 0.717) is 22.4 Å². The van der Waals surface area contributed by atoms with Crippen molar-refractivity contribution in [3.05, 3.63) is 28.4 Å². The first-order chi connectivity index (χ1) is 7.65. The Bertz CT molecular complexity index is 506. The summed E-state index contributed by atoms with van der Waals surface area (Å²) in [6.45, 7) is 0. The van der Waals surface area contributed by atoms with Gasteiger partial charge in [0.15, 0.2) is 16.0 Å². The van der Waals surface area contributed by atoms with Crippen LogP contribution in [-0.2, 0) is 11.2 Å². The third-order valence-corrected chi connectivity index (χ3v) is 3.04. The van der Waals surface area contributed by atoms with Crippen LogP contribution in [0.25, 0.3) is 10.8 Å². The van der Waals surface area contributed by atoms with Gasteiger partial charge in [-0.05, 0) is 23.7 Å². The molecule has 1 N–H and O–H groups in total. The molecule has 4 nitrogen and oxygen atoms in total. The van der Waals surface area contributed by atoms with E-state index >= 15 is 0 Å². The molecule has 0 unspecified atom stereocenters. The molecule has 0 bridgehead atoms. The second-order valence-electron chi connectivity index (χ2n) is 3.14. The molecule has 0 aliphatic heterocycles. The fraction of sp³-hybridized carbons (Fsp3) is 0.200. The summed E-state index contributed by atoms with van der Waals surface area (Å²) in [5.74, 6) is -0.216.